The van der Waals surface area contributed by atoms with Gasteiger partial charge in [-0.2, -0.15) is 0 Å². The summed E-state index contributed by atoms with van der Waals surface area (Å²) in [6, 6.07) is 0. The number of aliphatic hydroxyl groups is 2. The SMILES string of the molecule is CCCCC(F)(F)[C@H](O)/C=C/[C@@H]1[C@H]2C(F)C(/C=C/CCC(=O)OC)O[C@H]2C[C@H]1O. The number of allylic oxidation sites excluding steroid dienone is 1. The van der Waals surface area contributed by atoms with Crippen LogP contribution in [-0.2, 0) is 14.3 Å². The number of esters is 1. The molecule has 1 aliphatic carbocycles. The van der Waals surface area contributed by atoms with Crippen molar-refractivity contribution in [2.45, 2.75) is 82.0 Å². The second-order valence-corrected chi connectivity index (χ2v) is 7.78. The van der Waals surface area contributed by atoms with Gasteiger partial charge in [-0.15, -0.1) is 0 Å². The van der Waals surface area contributed by atoms with Crippen molar-refractivity contribution < 1.29 is 37.7 Å². The predicted molar refractivity (Wildman–Crippen MR) is 101 cm³/mol. The first kappa shape index (κ1) is 23.9. The second kappa shape index (κ2) is 10.6. The number of fused-ring (bicyclic) bond motifs is 1. The average Bonchev–Trinajstić information content (AvgIpc) is 3.16. The summed E-state index contributed by atoms with van der Waals surface area (Å²) in [6.45, 7) is 1.79. The van der Waals surface area contributed by atoms with Gasteiger partial charge in [0.05, 0.1) is 19.3 Å². The van der Waals surface area contributed by atoms with Gasteiger partial charge in [0.15, 0.2) is 0 Å². The van der Waals surface area contributed by atoms with E-state index in [1.807, 2.05) is 0 Å². The van der Waals surface area contributed by atoms with Crippen LogP contribution in [0.15, 0.2) is 24.3 Å². The van der Waals surface area contributed by atoms with Crippen molar-refractivity contribution >= 4 is 5.97 Å². The summed E-state index contributed by atoms with van der Waals surface area (Å²) in [5.41, 5.74) is 0. The topological polar surface area (TPSA) is 76.0 Å². The van der Waals surface area contributed by atoms with Crippen molar-refractivity contribution in [1.82, 2.24) is 0 Å². The first-order valence-corrected chi connectivity index (χ1v) is 10.2. The van der Waals surface area contributed by atoms with Crippen molar-refractivity contribution in [1.29, 1.82) is 0 Å². The molecule has 0 radical (unpaired) electrons. The van der Waals surface area contributed by atoms with Crippen LogP contribution in [0.5, 0.6) is 0 Å². The van der Waals surface area contributed by atoms with Gasteiger partial charge in [0.1, 0.15) is 18.4 Å². The first-order chi connectivity index (χ1) is 13.7. The number of carbonyl (C=O) groups is 1. The Hall–Kier alpha value is -1.38. The Morgan fingerprint density at radius 1 is 1.38 bits per heavy atom. The minimum Gasteiger partial charge on any atom is -0.469 e. The van der Waals surface area contributed by atoms with E-state index >= 15 is 0 Å². The van der Waals surface area contributed by atoms with E-state index in [0.717, 1.165) is 6.08 Å². The third-order valence-corrected chi connectivity index (χ3v) is 5.69. The van der Waals surface area contributed by atoms with Gasteiger partial charge in [-0.05, 0) is 12.8 Å². The normalized spacial score (nSPS) is 33.5. The van der Waals surface area contributed by atoms with E-state index in [0.29, 0.717) is 19.3 Å². The maximum Gasteiger partial charge on any atom is 0.305 e. The van der Waals surface area contributed by atoms with Crippen molar-refractivity contribution in [3.63, 3.8) is 0 Å². The number of hydrogen-bond acceptors (Lipinski definition) is 5. The molecule has 29 heavy (non-hydrogen) atoms. The fourth-order valence-electron chi connectivity index (χ4n) is 3.99. The van der Waals surface area contributed by atoms with E-state index in [1.165, 1.54) is 13.2 Å². The molecule has 0 bridgehead atoms. The van der Waals surface area contributed by atoms with Gasteiger partial charge in [0.25, 0.3) is 5.92 Å². The number of aliphatic hydroxyl groups excluding tert-OH is 2. The highest BCUT2D eigenvalue weighted by Gasteiger charge is 2.54. The van der Waals surface area contributed by atoms with Gasteiger partial charge in [-0.25, -0.2) is 13.2 Å². The van der Waals surface area contributed by atoms with Crippen LogP contribution < -0.4 is 0 Å². The Bertz CT molecular complexity index is 595. The number of methoxy groups -OCH3 is 1. The summed E-state index contributed by atoms with van der Waals surface area (Å²) in [4.78, 5) is 11.1. The highest BCUT2D eigenvalue weighted by Crippen LogP contribution is 2.46. The molecule has 0 spiro atoms. The zero-order valence-electron chi connectivity index (χ0n) is 16.8. The fourth-order valence-corrected chi connectivity index (χ4v) is 3.99. The molecule has 1 saturated carbocycles. The van der Waals surface area contributed by atoms with Gasteiger partial charge < -0.3 is 19.7 Å². The molecule has 2 aliphatic rings. The minimum atomic E-state index is -3.26. The lowest BCUT2D eigenvalue weighted by molar-refractivity contribution is -0.140. The van der Waals surface area contributed by atoms with Gasteiger partial charge >= 0.3 is 5.97 Å². The number of carbonyl (C=O) groups excluding carboxylic acids is 1. The molecule has 0 aromatic rings. The molecule has 0 amide bonds. The number of hydrogen-bond donors (Lipinski definition) is 2. The van der Waals surface area contributed by atoms with Crippen LogP contribution in [0.25, 0.3) is 0 Å². The average molecular weight is 420 g/mol. The van der Waals surface area contributed by atoms with Crippen molar-refractivity contribution in [3.8, 4) is 0 Å². The summed E-state index contributed by atoms with van der Waals surface area (Å²) in [5.74, 6) is -5.01. The molecule has 5 nitrogen and oxygen atoms in total. The Morgan fingerprint density at radius 3 is 2.76 bits per heavy atom. The standard InChI is InChI=1S/C21H31F3O5/c1-3-4-11-21(23,24)17(26)10-9-13-14(25)12-16-19(13)20(22)15(29-16)7-5-6-8-18(27)28-2/h5,7,9-10,13-17,19-20,25-26H,3-4,6,8,11-12H2,1-2H3/b7-5+,10-9+/t13-,14+,15?,16-,17+,19+,20?/m0/s1. The molecule has 2 fully saturated rings. The maximum atomic E-state index is 14.9. The zero-order chi connectivity index (χ0) is 21.6. The Kier molecular flexibility index (Phi) is 8.73. The van der Waals surface area contributed by atoms with Crippen LogP contribution in [0.3, 0.4) is 0 Å². The zero-order valence-corrected chi connectivity index (χ0v) is 16.8. The van der Waals surface area contributed by atoms with Crippen LogP contribution >= 0.6 is 0 Å². The summed E-state index contributed by atoms with van der Waals surface area (Å²) < 4.78 is 53.0. The van der Waals surface area contributed by atoms with Crippen molar-refractivity contribution in [2.24, 2.45) is 11.8 Å². The lowest BCUT2D eigenvalue weighted by atomic mass is 9.88. The van der Waals surface area contributed by atoms with E-state index in [9.17, 15) is 28.2 Å². The molecular weight excluding hydrogens is 389 g/mol. The van der Waals surface area contributed by atoms with Crippen LogP contribution in [0, 0.1) is 11.8 Å². The molecule has 1 aliphatic heterocycles. The summed E-state index contributed by atoms with van der Waals surface area (Å²) >= 11 is 0. The highest BCUT2D eigenvalue weighted by molar-refractivity contribution is 5.69. The monoisotopic (exact) mass is 420 g/mol. The molecule has 1 saturated heterocycles. The third kappa shape index (κ3) is 6.06. The minimum absolute atomic E-state index is 0.178. The Morgan fingerprint density at radius 2 is 2.10 bits per heavy atom. The Balaban J connectivity index is 1.97. The lowest BCUT2D eigenvalue weighted by Crippen LogP contribution is -2.33. The molecule has 8 heteroatoms. The van der Waals surface area contributed by atoms with Gasteiger partial charge in [-0.3, -0.25) is 4.79 Å². The van der Waals surface area contributed by atoms with Crippen molar-refractivity contribution in [2.75, 3.05) is 7.11 Å². The molecule has 0 aromatic carbocycles. The van der Waals surface area contributed by atoms with Crippen LogP contribution in [-0.4, -0.2) is 59.8 Å². The summed E-state index contributed by atoms with van der Waals surface area (Å²) in [6.07, 6.45) is 1.04. The van der Waals surface area contributed by atoms with Gasteiger partial charge in [0.2, 0.25) is 0 Å². The largest absolute Gasteiger partial charge is 0.469 e. The van der Waals surface area contributed by atoms with E-state index in [4.69, 9.17) is 4.74 Å². The van der Waals surface area contributed by atoms with E-state index in [-0.39, 0.29) is 18.8 Å². The second-order valence-electron chi connectivity index (χ2n) is 7.78. The van der Waals surface area contributed by atoms with Crippen LogP contribution in [0.1, 0.15) is 45.4 Å². The first-order valence-electron chi connectivity index (χ1n) is 10.2. The predicted octanol–water partition coefficient (Wildman–Crippen LogP) is 3.34. The number of alkyl halides is 3. The van der Waals surface area contributed by atoms with E-state index < -0.39 is 54.8 Å². The summed E-state index contributed by atoms with van der Waals surface area (Å²) in [7, 11) is 1.29. The third-order valence-electron chi connectivity index (χ3n) is 5.69. The molecule has 2 N–H and O–H groups in total. The molecule has 166 valence electrons. The Labute approximate surface area is 169 Å². The maximum absolute atomic E-state index is 14.9. The number of rotatable bonds is 10. The van der Waals surface area contributed by atoms with Crippen LogP contribution in [0.2, 0.25) is 0 Å². The van der Waals surface area contributed by atoms with Crippen molar-refractivity contribution in [3.05, 3.63) is 24.3 Å². The molecule has 0 aromatic heterocycles. The molecule has 2 unspecified atom stereocenters. The lowest BCUT2D eigenvalue weighted by Gasteiger charge is -2.22. The fraction of sp³-hybridized carbons (Fsp3) is 0.762. The number of unbranched alkanes of at least 4 members (excludes halogenated alkanes) is 1. The number of halogens is 3. The van der Waals surface area contributed by atoms with Gasteiger partial charge in [-0.1, -0.05) is 37.6 Å². The molecule has 1 heterocycles. The van der Waals surface area contributed by atoms with E-state index in [1.54, 1.807) is 19.1 Å². The summed E-state index contributed by atoms with van der Waals surface area (Å²) in [5, 5.41) is 20.0. The quantitative estimate of drug-likeness (QED) is 0.419. The smallest absolute Gasteiger partial charge is 0.305 e. The molecule has 2 rings (SSSR count). The molecule has 7 atom stereocenters. The van der Waals surface area contributed by atoms with Gasteiger partial charge in [0, 0.05) is 31.1 Å². The van der Waals surface area contributed by atoms with Crippen LogP contribution in [0.4, 0.5) is 13.2 Å². The van der Waals surface area contributed by atoms with E-state index in [2.05, 4.69) is 4.74 Å². The molecular formula is C21H31F3O5. The number of ether oxygens (including phenoxy) is 2. The highest BCUT2D eigenvalue weighted by atomic mass is 19.3.